The van der Waals surface area contributed by atoms with Crippen molar-refractivity contribution < 1.29 is 9.59 Å². The summed E-state index contributed by atoms with van der Waals surface area (Å²) in [4.78, 5) is 34.2. The molecule has 1 aromatic carbocycles. The molecule has 2 aliphatic rings. The van der Waals surface area contributed by atoms with Gasteiger partial charge in [-0.15, -0.1) is 11.3 Å². The predicted octanol–water partition coefficient (Wildman–Crippen LogP) is 2.98. The first kappa shape index (κ1) is 23.0. The minimum absolute atomic E-state index is 0.0269. The molecule has 1 aromatic heterocycles. The first-order valence-corrected chi connectivity index (χ1v) is 12.5. The number of thiophene rings is 1. The number of hydrogen-bond acceptors (Lipinski definition) is 5. The normalized spacial score (nSPS) is 19.6. The number of carbonyl (C=O) groups is 2. The summed E-state index contributed by atoms with van der Waals surface area (Å²) in [6.07, 6.45) is 1.77. The summed E-state index contributed by atoms with van der Waals surface area (Å²) in [5, 5.41) is 3.17. The van der Waals surface area contributed by atoms with Crippen LogP contribution in [0.25, 0.3) is 0 Å². The zero-order chi connectivity index (χ0) is 22.5. The molecule has 1 atom stereocenters. The maximum Gasteiger partial charge on any atom is 0.261 e. The molecule has 0 aliphatic carbocycles. The molecule has 1 unspecified atom stereocenters. The van der Waals surface area contributed by atoms with E-state index in [0.717, 1.165) is 68.4 Å². The van der Waals surface area contributed by atoms with Crippen LogP contribution < -0.4 is 5.32 Å². The summed E-state index contributed by atoms with van der Waals surface area (Å²) >= 11 is 1.53. The van der Waals surface area contributed by atoms with Crippen molar-refractivity contribution in [3.8, 4) is 0 Å². The fourth-order valence-electron chi connectivity index (χ4n) is 4.63. The molecule has 2 aliphatic heterocycles. The van der Waals surface area contributed by atoms with Gasteiger partial charge in [-0.25, -0.2) is 0 Å². The number of benzene rings is 1. The Kier molecular flexibility index (Phi) is 7.60. The van der Waals surface area contributed by atoms with Gasteiger partial charge in [-0.3, -0.25) is 19.4 Å². The van der Waals surface area contributed by atoms with Gasteiger partial charge < -0.3 is 10.2 Å². The topological polar surface area (TPSA) is 55.9 Å². The second kappa shape index (κ2) is 10.6. The molecule has 3 heterocycles. The van der Waals surface area contributed by atoms with E-state index in [1.807, 2.05) is 36.9 Å². The molecular formula is C25H34N4O2S. The number of hydrogen-bond donors (Lipinski definition) is 1. The SMILES string of the molecule is Cc1ccc(C(=O)NC2CCN(C(C)C(=O)N3CCN(Cc4ccccc4)CC3)CC2)s1. The van der Waals surface area contributed by atoms with E-state index in [-0.39, 0.29) is 23.9 Å². The van der Waals surface area contributed by atoms with Crippen LogP contribution in [-0.4, -0.2) is 77.9 Å². The van der Waals surface area contributed by atoms with Gasteiger partial charge in [-0.2, -0.15) is 0 Å². The third-order valence-electron chi connectivity index (χ3n) is 6.67. The number of amides is 2. The lowest BCUT2D eigenvalue weighted by Gasteiger charge is -2.40. The summed E-state index contributed by atoms with van der Waals surface area (Å²) in [6.45, 7) is 10.1. The number of nitrogens with one attached hydrogen (secondary N) is 1. The molecule has 4 rings (SSSR count). The maximum absolute atomic E-state index is 13.1. The summed E-state index contributed by atoms with van der Waals surface area (Å²) < 4.78 is 0. The highest BCUT2D eigenvalue weighted by Crippen LogP contribution is 2.19. The van der Waals surface area contributed by atoms with Crippen molar-refractivity contribution in [1.82, 2.24) is 20.0 Å². The van der Waals surface area contributed by atoms with Crippen LogP contribution in [-0.2, 0) is 11.3 Å². The molecule has 2 aromatic rings. The van der Waals surface area contributed by atoms with E-state index in [1.165, 1.54) is 16.9 Å². The van der Waals surface area contributed by atoms with Gasteiger partial charge >= 0.3 is 0 Å². The van der Waals surface area contributed by atoms with Crippen LogP contribution in [0.15, 0.2) is 42.5 Å². The second-order valence-corrected chi connectivity index (χ2v) is 10.2. The Bertz CT molecular complexity index is 900. The van der Waals surface area contributed by atoms with E-state index in [4.69, 9.17) is 0 Å². The molecule has 2 fully saturated rings. The monoisotopic (exact) mass is 454 g/mol. The Hall–Kier alpha value is -2.22. The summed E-state index contributed by atoms with van der Waals surface area (Å²) in [5.41, 5.74) is 1.32. The lowest BCUT2D eigenvalue weighted by molar-refractivity contribution is -0.138. The van der Waals surface area contributed by atoms with Crippen LogP contribution >= 0.6 is 11.3 Å². The lowest BCUT2D eigenvalue weighted by atomic mass is 10.0. The van der Waals surface area contributed by atoms with E-state index in [9.17, 15) is 9.59 Å². The minimum Gasteiger partial charge on any atom is -0.349 e. The van der Waals surface area contributed by atoms with Gasteiger partial charge in [-0.1, -0.05) is 30.3 Å². The quantitative estimate of drug-likeness (QED) is 0.729. The molecular weight excluding hydrogens is 420 g/mol. The van der Waals surface area contributed by atoms with E-state index in [2.05, 4.69) is 39.4 Å². The molecule has 0 bridgehead atoms. The fraction of sp³-hybridized carbons (Fsp3) is 0.520. The zero-order valence-corrected chi connectivity index (χ0v) is 19.9. The maximum atomic E-state index is 13.1. The van der Waals surface area contributed by atoms with Crippen molar-refractivity contribution in [3.63, 3.8) is 0 Å². The van der Waals surface area contributed by atoms with E-state index in [1.54, 1.807) is 0 Å². The highest BCUT2D eigenvalue weighted by Gasteiger charge is 2.31. The number of carbonyl (C=O) groups excluding carboxylic acids is 2. The highest BCUT2D eigenvalue weighted by molar-refractivity contribution is 7.13. The van der Waals surface area contributed by atoms with Crippen molar-refractivity contribution in [2.45, 2.75) is 45.3 Å². The van der Waals surface area contributed by atoms with Gasteiger partial charge in [0.2, 0.25) is 5.91 Å². The number of piperazine rings is 1. The molecule has 1 N–H and O–H groups in total. The summed E-state index contributed by atoms with van der Waals surface area (Å²) in [6, 6.07) is 14.5. The molecule has 2 saturated heterocycles. The Labute approximate surface area is 195 Å². The molecule has 0 spiro atoms. The van der Waals surface area contributed by atoms with E-state index >= 15 is 0 Å². The Morgan fingerprint density at radius 1 is 1.00 bits per heavy atom. The molecule has 172 valence electrons. The first-order valence-electron chi connectivity index (χ1n) is 11.7. The fourth-order valence-corrected chi connectivity index (χ4v) is 5.40. The third kappa shape index (κ3) is 5.77. The average Bonchev–Trinajstić information content (AvgIpc) is 3.26. The standard InChI is InChI=1S/C25H34N4O2S/c1-19-8-9-23(32-19)24(30)26-22-10-12-28(13-11-22)20(2)25(31)29-16-14-27(15-17-29)18-21-6-4-3-5-7-21/h3-9,20,22H,10-18H2,1-2H3,(H,26,30). The molecule has 32 heavy (non-hydrogen) atoms. The van der Waals surface area contributed by atoms with E-state index in [0.29, 0.717) is 0 Å². The van der Waals surface area contributed by atoms with Crippen LogP contribution in [0.2, 0.25) is 0 Å². The van der Waals surface area contributed by atoms with Crippen molar-refractivity contribution in [2.75, 3.05) is 39.3 Å². The zero-order valence-electron chi connectivity index (χ0n) is 19.1. The second-order valence-electron chi connectivity index (χ2n) is 8.96. The largest absolute Gasteiger partial charge is 0.349 e. The molecule has 7 heteroatoms. The van der Waals surface area contributed by atoms with Crippen LogP contribution in [0, 0.1) is 6.92 Å². The van der Waals surface area contributed by atoms with E-state index < -0.39 is 0 Å². The van der Waals surface area contributed by atoms with Crippen LogP contribution in [0.3, 0.4) is 0 Å². The van der Waals surface area contributed by atoms with Crippen molar-refractivity contribution in [1.29, 1.82) is 0 Å². The molecule has 6 nitrogen and oxygen atoms in total. The van der Waals surface area contributed by atoms with Crippen molar-refractivity contribution in [2.24, 2.45) is 0 Å². The third-order valence-corrected chi connectivity index (χ3v) is 7.67. The van der Waals surface area contributed by atoms with Crippen LogP contribution in [0.5, 0.6) is 0 Å². The predicted molar refractivity (Wildman–Crippen MR) is 129 cm³/mol. The average molecular weight is 455 g/mol. The van der Waals surface area contributed by atoms with Crippen molar-refractivity contribution in [3.05, 3.63) is 57.8 Å². The summed E-state index contributed by atoms with van der Waals surface area (Å²) in [5.74, 6) is 0.264. The molecule has 0 saturated carbocycles. The van der Waals surface area contributed by atoms with Gasteiger partial charge in [0.15, 0.2) is 0 Å². The summed E-state index contributed by atoms with van der Waals surface area (Å²) in [7, 11) is 0. The first-order chi connectivity index (χ1) is 15.5. The van der Waals surface area contributed by atoms with Gasteiger partial charge in [0, 0.05) is 56.7 Å². The highest BCUT2D eigenvalue weighted by atomic mass is 32.1. The number of likely N-dealkylation sites (tertiary alicyclic amines) is 1. The lowest BCUT2D eigenvalue weighted by Crippen LogP contribution is -2.56. The Morgan fingerprint density at radius 3 is 2.31 bits per heavy atom. The number of aryl methyl sites for hydroxylation is 1. The van der Waals surface area contributed by atoms with Gasteiger partial charge in [0.1, 0.15) is 0 Å². The van der Waals surface area contributed by atoms with Gasteiger partial charge in [-0.05, 0) is 44.4 Å². The van der Waals surface area contributed by atoms with Crippen molar-refractivity contribution >= 4 is 23.2 Å². The minimum atomic E-state index is -0.104. The smallest absolute Gasteiger partial charge is 0.261 e. The van der Waals surface area contributed by atoms with Gasteiger partial charge in [0.25, 0.3) is 5.91 Å². The number of nitrogens with zero attached hydrogens (tertiary/aromatic N) is 3. The number of rotatable bonds is 6. The Morgan fingerprint density at radius 2 is 1.69 bits per heavy atom. The van der Waals surface area contributed by atoms with Gasteiger partial charge in [0.05, 0.1) is 10.9 Å². The van der Waals surface area contributed by atoms with Crippen LogP contribution in [0.4, 0.5) is 0 Å². The Balaban J connectivity index is 1.20. The molecule has 0 radical (unpaired) electrons. The molecule has 2 amide bonds. The van der Waals surface area contributed by atoms with Crippen LogP contribution in [0.1, 0.15) is 39.9 Å². The number of piperidine rings is 1.